The van der Waals surface area contributed by atoms with Crippen LogP contribution < -0.4 is 0 Å². The number of hydrogen-bond donors (Lipinski definition) is 0. The fourth-order valence-corrected chi connectivity index (χ4v) is 7.11. The highest BCUT2D eigenvalue weighted by atomic mass is 15.1. The molecule has 7 rings (SSSR count). The van der Waals surface area contributed by atoms with E-state index in [4.69, 9.17) is 4.98 Å². The zero-order chi connectivity index (χ0) is 25.3. The first-order chi connectivity index (χ1) is 18.0. The van der Waals surface area contributed by atoms with Crippen LogP contribution in [-0.2, 0) is 12.8 Å². The number of fused-ring (bicyclic) bond motifs is 4. The Bertz CT molecular complexity index is 1560. The van der Waals surface area contributed by atoms with E-state index in [0.717, 1.165) is 18.7 Å². The molecule has 0 bridgehead atoms. The largest absolute Gasteiger partial charge is 0.299 e. The highest BCUT2D eigenvalue weighted by Gasteiger charge is 2.31. The van der Waals surface area contributed by atoms with Crippen LogP contribution in [0.5, 0.6) is 0 Å². The lowest BCUT2D eigenvalue weighted by atomic mass is 9.84. The smallest absolute Gasteiger partial charge is 0.144 e. The van der Waals surface area contributed by atoms with Gasteiger partial charge in [-0.2, -0.15) is 0 Å². The van der Waals surface area contributed by atoms with Gasteiger partial charge in [0.05, 0.1) is 5.69 Å². The molecule has 0 aliphatic heterocycles. The lowest BCUT2D eigenvalue weighted by Gasteiger charge is -2.26. The summed E-state index contributed by atoms with van der Waals surface area (Å²) in [4.78, 5) is 4.97. The minimum atomic E-state index is 0.417. The predicted molar refractivity (Wildman–Crippen MR) is 155 cm³/mol. The number of hydrogen-bond acceptors (Lipinski definition) is 1. The Morgan fingerprint density at radius 3 is 2.30 bits per heavy atom. The van der Waals surface area contributed by atoms with Crippen LogP contribution in [-0.4, -0.2) is 9.55 Å². The number of benzene rings is 2. The minimum Gasteiger partial charge on any atom is -0.299 e. The van der Waals surface area contributed by atoms with Gasteiger partial charge < -0.3 is 0 Å². The third-order valence-electron chi connectivity index (χ3n) is 8.82. The highest BCUT2D eigenvalue weighted by molar-refractivity contribution is 5.89. The van der Waals surface area contributed by atoms with Crippen LogP contribution in [0.15, 0.2) is 72.1 Å². The first-order valence-corrected chi connectivity index (χ1v) is 14.2. The maximum Gasteiger partial charge on any atom is 0.144 e. The minimum absolute atomic E-state index is 0.417. The van der Waals surface area contributed by atoms with E-state index >= 15 is 0 Å². The van der Waals surface area contributed by atoms with Crippen LogP contribution in [0.1, 0.15) is 98.6 Å². The summed E-state index contributed by atoms with van der Waals surface area (Å²) >= 11 is 0. The SMILES string of the molecule is CC(C)c1cc2c(c(C(C)C)c1-n1ccnc1-c1ccc3c(c1)C1=C(CCC=C1)C3)C1=C(CCC=C1)C2. The highest BCUT2D eigenvalue weighted by Crippen LogP contribution is 2.47. The Morgan fingerprint density at radius 2 is 1.54 bits per heavy atom. The number of imidazole rings is 1. The fraction of sp³-hybridized carbons (Fsp3) is 0.343. The molecule has 37 heavy (non-hydrogen) atoms. The third kappa shape index (κ3) is 3.49. The fourth-order valence-electron chi connectivity index (χ4n) is 7.11. The van der Waals surface area contributed by atoms with E-state index in [0.29, 0.717) is 11.8 Å². The molecule has 0 N–H and O–H groups in total. The summed E-state index contributed by atoms with van der Waals surface area (Å²) in [7, 11) is 0. The number of rotatable bonds is 4. The Kier molecular flexibility index (Phi) is 5.29. The normalized spacial score (nSPS) is 17.7. The monoisotopic (exact) mass is 484 g/mol. The molecule has 186 valence electrons. The topological polar surface area (TPSA) is 17.8 Å². The first kappa shape index (κ1) is 22.8. The molecule has 0 amide bonds. The summed E-state index contributed by atoms with van der Waals surface area (Å²) in [5.74, 6) is 1.90. The maximum absolute atomic E-state index is 4.97. The van der Waals surface area contributed by atoms with Gasteiger partial charge in [-0.15, -0.1) is 0 Å². The van der Waals surface area contributed by atoms with E-state index in [9.17, 15) is 0 Å². The van der Waals surface area contributed by atoms with E-state index in [1.165, 1.54) is 81.5 Å². The summed E-state index contributed by atoms with van der Waals surface area (Å²) in [6, 6.07) is 9.55. The summed E-state index contributed by atoms with van der Waals surface area (Å²) in [5.41, 5.74) is 17.5. The second-order valence-corrected chi connectivity index (χ2v) is 11.8. The molecule has 0 saturated heterocycles. The van der Waals surface area contributed by atoms with Crippen molar-refractivity contribution in [1.82, 2.24) is 9.55 Å². The molecule has 0 radical (unpaired) electrons. The molecule has 0 atom stereocenters. The molecule has 1 heterocycles. The van der Waals surface area contributed by atoms with E-state index in [-0.39, 0.29) is 0 Å². The van der Waals surface area contributed by atoms with Gasteiger partial charge in [0.25, 0.3) is 0 Å². The standard InChI is InChI=1S/C35H36N2/c1-21(2)30-20-27-18-24-10-6-8-12-29(24)33(27)32(22(3)4)34(30)37-16-15-36-35(37)26-14-13-25-17-23-9-5-7-11-28(23)31(25)19-26/h7-8,11-16,19-22H,5-6,9-10,17-18H2,1-4H3. The molecule has 2 heteroatoms. The third-order valence-corrected chi connectivity index (χ3v) is 8.82. The Labute approximate surface area is 221 Å². The maximum atomic E-state index is 4.97. The number of allylic oxidation sites excluding steroid dienone is 8. The van der Waals surface area contributed by atoms with Gasteiger partial charge in [-0.3, -0.25) is 4.57 Å². The van der Waals surface area contributed by atoms with E-state index in [2.05, 4.69) is 87.0 Å². The molecule has 0 spiro atoms. The van der Waals surface area contributed by atoms with Crippen molar-refractivity contribution in [3.63, 3.8) is 0 Å². The van der Waals surface area contributed by atoms with Gasteiger partial charge in [-0.25, -0.2) is 4.98 Å². The molecule has 2 aromatic carbocycles. The van der Waals surface area contributed by atoms with Crippen LogP contribution in [0, 0.1) is 0 Å². The second-order valence-electron chi connectivity index (χ2n) is 11.8. The number of aromatic nitrogens is 2. The van der Waals surface area contributed by atoms with E-state index in [1.54, 1.807) is 11.1 Å². The van der Waals surface area contributed by atoms with Gasteiger partial charge in [0, 0.05) is 18.0 Å². The lowest BCUT2D eigenvalue weighted by molar-refractivity contribution is 0.801. The van der Waals surface area contributed by atoms with Gasteiger partial charge >= 0.3 is 0 Å². The van der Waals surface area contributed by atoms with Gasteiger partial charge in [0.2, 0.25) is 0 Å². The molecule has 4 aliphatic rings. The van der Waals surface area contributed by atoms with Crippen molar-refractivity contribution in [3.8, 4) is 17.1 Å². The predicted octanol–water partition coefficient (Wildman–Crippen LogP) is 9.11. The molecule has 0 unspecified atom stereocenters. The van der Waals surface area contributed by atoms with Crippen molar-refractivity contribution >= 4 is 11.1 Å². The summed E-state index contributed by atoms with van der Waals surface area (Å²) in [6.07, 6.45) is 20.6. The molecule has 1 aromatic heterocycles. The van der Waals surface area contributed by atoms with E-state index < -0.39 is 0 Å². The van der Waals surface area contributed by atoms with Crippen LogP contribution in [0.3, 0.4) is 0 Å². The van der Waals surface area contributed by atoms with E-state index in [1.807, 2.05) is 6.20 Å². The Balaban J connectivity index is 1.44. The molecule has 3 aromatic rings. The molecule has 2 nitrogen and oxygen atoms in total. The van der Waals surface area contributed by atoms with Gasteiger partial charge in [0.1, 0.15) is 5.82 Å². The average molecular weight is 485 g/mol. The zero-order valence-corrected chi connectivity index (χ0v) is 22.6. The first-order valence-electron chi connectivity index (χ1n) is 14.2. The van der Waals surface area contributed by atoms with Crippen molar-refractivity contribution in [1.29, 1.82) is 0 Å². The van der Waals surface area contributed by atoms with Crippen LogP contribution >= 0.6 is 0 Å². The second kappa shape index (κ2) is 8.58. The van der Waals surface area contributed by atoms with Crippen LogP contribution in [0.2, 0.25) is 0 Å². The molecule has 4 aliphatic carbocycles. The van der Waals surface area contributed by atoms with Crippen molar-refractivity contribution in [2.45, 2.75) is 78.1 Å². The van der Waals surface area contributed by atoms with Crippen molar-refractivity contribution in [2.75, 3.05) is 0 Å². The zero-order valence-electron chi connectivity index (χ0n) is 22.6. The van der Waals surface area contributed by atoms with Gasteiger partial charge in [-0.05, 0) is 101 Å². The van der Waals surface area contributed by atoms with Crippen molar-refractivity contribution in [2.24, 2.45) is 0 Å². The summed E-state index contributed by atoms with van der Waals surface area (Å²) < 4.78 is 2.40. The van der Waals surface area contributed by atoms with Crippen LogP contribution in [0.4, 0.5) is 0 Å². The molecular weight excluding hydrogens is 448 g/mol. The molecule has 0 fully saturated rings. The average Bonchev–Trinajstić information content (AvgIpc) is 3.61. The summed E-state index contributed by atoms with van der Waals surface area (Å²) in [6.45, 7) is 9.41. The quantitative estimate of drug-likeness (QED) is 0.361. The van der Waals surface area contributed by atoms with Crippen molar-refractivity contribution < 1.29 is 0 Å². The Morgan fingerprint density at radius 1 is 0.811 bits per heavy atom. The van der Waals surface area contributed by atoms with Gasteiger partial charge in [0.15, 0.2) is 0 Å². The molecule has 0 saturated carbocycles. The number of nitrogens with zero attached hydrogens (tertiary/aromatic N) is 2. The van der Waals surface area contributed by atoms with Crippen LogP contribution in [0.25, 0.3) is 28.2 Å². The lowest BCUT2D eigenvalue weighted by Crippen LogP contribution is -2.11. The molecular formula is C35H36N2. The summed E-state index contributed by atoms with van der Waals surface area (Å²) in [5, 5.41) is 0. The van der Waals surface area contributed by atoms with Crippen molar-refractivity contribution in [3.05, 3.63) is 105 Å². The Hall–Kier alpha value is -3.39. The van der Waals surface area contributed by atoms with Gasteiger partial charge in [-0.1, -0.05) is 81.3 Å².